The standard InChI is InChI=1S/C17H22N2O4/c1-23-17(22)14-7-9-19(10-8-14)16(21)12-18-15(20)11-13-5-3-2-4-6-13/h2-6,14H,7-12H2,1H3,(H,18,20). The monoisotopic (exact) mass is 318 g/mol. The zero-order chi connectivity index (χ0) is 16.7. The molecular formula is C17H22N2O4. The van der Waals surface area contributed by atoms with Gasteiger partial charge in [0.05, 0.1) is 26.0 Å². The number of ether oxygens (including phenoxy) is 1. The van der Waals surface area contributed by atoms with E-state index in [-0.39, 0.29) is 36.7 Å². The van der Waals surface area contributed by atoms with Gasteiger partial charge >= 0.3 is 5.97 Å². The molecule has 0 spiro atoms. The van der Waals surface area contributed by atoms with Crippen LogP contribution in [0.25, 0.3) is 0 Å². The summed E-state index contributed by atoms with van der Waals surface area (Å²) in [6, 6.07) is 9.39. The predicted molar refractivity (Wildman–Crippen MR) is 84.5 cm³/mol. The molecule has 124 valence electrons. The van der Waals surface area contributed by atoms with Gasteiger partial charge in [-0.25, -0.2) is 0 Å². The summed E-state index contributed by atoms with van der Waals surface area (Å²) in [4.78, 5) is 37.1. The number of hydrogen-bond acceptors (Lipinski definition) is 4. The first-order valence-electron chi connectivity index (χ1n) is 7.76. The smallest absolute Gasteiger partial charge is 0.308 e. The molecule has 0 atom stereocenters. The molecule has 1 aliphatic rings. The maximum Gasteiger partial charge on any atom is 0.308 e. The number of nitrogens with one attached hydrogen (secondary N) is 1. The second-order valence-corrected chi connectivity index (χ2v) is 5.62. The number of amides is 2. The SMILES string of the molecule is COC(=O)C1CCN(C(=O)CNC(=O)Cc2ccccc2)CC1. The van der Waals surface area contributed by atoms with Crippen molar-refractivity contribution in [1.82, 2.24) is 10.2 Å². The van der Waals surface area contributed by atoms with E-state index in [1.807, 2.05) is 30.3 Å². The van der Waals surface area contributed by atoms with Crippen molar-refractivity contribution in [2.75, 3.05) is 26.7 Å². The number of nitrogens with zero attached hydrogens (tertiary/aromatic N) is 1. The molecule has 0 aliphatic carbocycles. The highest BCUT2D eigenvalue weighted by atomic mass is 16.5. The molecule has 23 heavy (non-hydrogen) atoms. The summed E-state index contributed by atoms with van der Waals surface area (Å²) < 4.78 is 4.72. The summed E-state index contributed by atoms with van der Waals surface area (Å²) in [6.07, 6.45) is 1.48. The Balaban J connectivity index is 1.71. The van der Waals surface area contributed by atoms with Gasteiger partial charge in [0.2, 0.25) is 11.8 Å². The van der Waals surface area contributed by atoms with Gasteiger partial charge in [-0.3, -0.25) is 14.4 Å². The second kappa shape index (κ2) is 8.31. The number of methoxy groups -OCH3 is 1. The maximum atomic E-state index is 12.1. The second-order valence-electron chi connectivity index (χ2n) is 5.62. The third-order valence-corrected chi connectivity index (χ3v) is 4.03. The molecule has 6 heteroatoms. The van der Waals surface area contributed by atoms with Crippen LogP contribution in [0.15, 0.2) is 30.3 Å². The van der Waals surface area contributed by atoms with E-state index in [0.29, 0.717) is 25.9 Å². The molecule has 6 nitrogen and oxygen atoms in total. The zero-order valence-corrected chi connectivity index (χ0v) is 13.3. The topological polar surface area (TPSA) is 75.7 Å². The van der Waals surface area contributed by atoms with Gasteiger partial charge in [-0.1, -0.05) is 30.3 Å². The van der Waals surface area contributed by atoms with Crippen LogP contribution in [0.1, 0.15) is 18.4 Å². The van der Waals surface area contributed by atoms with Crippen LogP contribution in [0.3, 0.4) is 0 Å². The van der Waals surface area contributed by atoms with Crippen molar-refractivity contribution < 1.29 is 19.1 Å². The largest absolute Gasteiger partial charge is 0.469 e. The zero-order valence-electron chi connectivity index (χ0n) is 13.3. The summed E-state index contributed by atoms with van der Waals surface area (Å²) in [5.74, 6) is -0.631. The molecule has 0 bridgehead atoms. The quantitative estimate of drug-likeness (QED) is 0.813. The molecule has 1 saturated heterocycles. The Hall–Kier alpha value is -2.37. The third-order valence-electron chi connectivity index (χ3n) is 4.03. The van der Waals surface area contributed by atoms with Gasteiger partial charge in [0.15, 0.2) is 0 Å². The van der Waals surface area contributed by atoms with Crippen molar-refractivity contribution in [2.24, 2.45) is 5.92 Å². The lowest BCUT2D eigenvalue weighted by atomic mass is 9.97. The fraction of sp³-hybridized carbons (Fsp3) is 0.471. The lowest BCUT2D eigenvalue weighted by Crippen LogP contribution is -2.45. The number of piperidine rings is 1. The average Bonchev–Trinajstić information content (AvgIpc) is 2.60. The van der Waals surface area contributed by atoms with E-state index in [1.54, 1.807) is 4.90 Å². The number of likely N-dealkylation sites (tertiary alicyclic amines) is 1. The van der Waals surface area contributed by atoms with E-state index >= 15 is 0 Å². The molecule has 0 radical (unpaired) electrons. The Labute approximate surface area is 135 Å². The highest BCUT2D eigenvalue weighted by molar-refractivity contribution is 5.86. The van der Waals surface area contributed by atoms with Gasteiger partial charge < -0.3 is 15.0 Å². The van der Waals surface area contributed by atoms with Gasteiger partial charge in [0.25, 0.3) is 0 Å². The number of rotatable bonds is 5. The van der Waals surface area contributed by atoms with E-state index in [2.05, 4.69) is 5.32 Å². The van der Waals surface area contributed by atoms with Crippen LogP contribution in [0, 0.1) is 5.92 Å². The first kappa shape index (κ1) is 17.0. The van der Waals surface area contributed by atoms with Gasteiger partial charge in [-0.15, -0.1) is 0 Å². The average molecular weight is 318 g/mol. The molecule has 0 saturated carbocycles. The molecule has 0 aromatic heterocycles. The molecule has 1 aliphatic heterocycles. The van der Waals surface area contributed by atoms with E-state index in [9.17, 15) is 14.4 Å². The maximum absolute atomic E-state index is 12.1. The molecule has 1 fully saturated rings. The first-order valence-corrected chi connectivity index (χ1v) is 7.76. The van der Waals surface area contributed by atoms with Crippen molar-refractivity contribution in [3.05, 3.63) is 35.9 Å². The summed E-state index contributed by atoms with van der Waals surface area (Å²) in [6.45, 7) is 1.04. The molecule has 1 aromatic carbocycles. The van der Waals surface area contributed by atoms with Crippen LogP contribution in [0.4, 0.5) is 0 Å². The van der Waals surface area contributed by atoms with Gasteiger partial charge in [0, 0.05) is 13.1 Å². The molecule has 0 unspecified atom stereocenters. The van der Waals surface area contributed by atoms with Crippen LogP contribution in [0.5, 0.6) is 0 Å². The Morgan fingerprint density at radius 2 is 1.83 bits per heavy atom. The first-order chi connectivity index (χ1) is 11.1. The van der Waals surface area contributed by atoms with Crippen LogP contribution >= 0.6 is 0 Å². The number of hydrogen-bond donors (Lipinski definition) is 1. The van der Waals surface area contributed by atoms with Crippen molar-refractivity contribution in [3.8, 4) is 0 Å². The summed E-state index contributed by atoms with van der Waals surface area (Å²) in [5.41, 5.74) is 0.913. The Morgan fingerprint density at radius 3 is 2.43 bits per heavy atom. The molecule has 1 heterocycles. The van der Waals surface area contributed by atoms with Crippen molar-refractivity contribution in [3.63, 3.8) is 0 Å². The Bertz CT molecular complexity index is 551. The lowest BCUT2D eigenvalue weighted by molar-refractivity contribution is -0.148. The van der Waals surface area contributed by atoms with Gasteiger partial charge in [0.1, 0.15) is 0 Å². The van der Waals surface area contributed by atoms with Crippen LogP contribution in [-0.4, -0.2) is 49.4 Å². The minimum Gasteiger partial charge on any atom is -0.469 e. The molecule has 2 rings (SSSR count). The van der Waals surface area contributed by atoms with Gasteiger partial charge in [-0.05, 0) is 18.4 Å². The minimum absolute atomic E-state index is 0.00540. The van der Waals surface area contributed by atoms with Crippen molar-refractivity contribution >= 4 is 17.8 Å². The van der Waals surface area contributed by atoms with Gasteiger partial charge in [-0.2, -0.15) is 0 Å². The molecule has 2 amide bonds. The number of esters is 1. The van der Waals surface area contributed by atoms with Crippen molar-refractivity contribution in [1.29, 1.82) is 0 Å². The number of benzene rings is 1. The number of carbonyl (C=O) groups excluding carboxylic acids is 3. The lowest BCUT2D eigenvalue weighted by Gasteiger charge is -2.30. The number of carbonyl (C=O) groups is 3. The fourth-order valence-electron chi connectivity index (χ4n) is 2.66. The third kappa shape index (κ3) is 5.09. The fourth-order valence-corrected chi connectivity index (χ4v) is 2.66. The normalized spacial score (nSPS) is 15.1. The highest BCUT2D eigenvalue weighted by Crippen LogP contribution is 2.18. The van der Waals surface area contributed by atoms with Crippen LogP contribution in [-0.2, 0) is 25.5 Å². The Kier molecular flexibility index (Phi) is 6.14. The highest BCUT2D eigenvalue weighted by Gasteiger charge is 2.27. The summed E-state index contributed by atoms with van der Waals surface area (Å²) >= 11 is 0. The van der Waals surface area contributed by atoms with E-state index in [1.165, 1.54) is 7.11 Å². The van der Waals surface area contributed by atoms with Crippen molar-refractivity contribution in [2.45, 2.75) is 19.3 Å². The summed E-state index contributed by atoms with van der Waals surface area (Å²) in [5, 5.41) is 2.65. The summed E-state index contributed by atoms with van der Waals surface area (Å²) in [7, 11) is 1.38. The predicted octanol–water partition coefficient (Wildman–Crippen LogP) is 0.757. The molecule has 1 aromatic rings. The van der Waals surface area contributed by atoms with E-state index < -0.39 is 0 Å². The molecular weight excluding hydrogens is 296 g/mol. The molecule has 1 N–H and O–H groups in total. The van der Waals surface area contributed by atoms with Crippen LogP contribution in [0.2, 0.25) is 0 Å². The minimum atomic E-state index is -0.215. The van der Waals surface area contributed by atoms with E-state index in [0.717, 1.165) is 5.56 Å². The van der Waals surface area contributed by atoms with Crippen LogP contribution < -0.4 is 5.32 Å². The Morgan fingerprint density at radius 1 is 1.17 bits per heavy atom. The van der Waals surface area contributed by atoms with E-state index in [4.69, 9.17) is 4.74 Å².